The molecule has 0 aliphatic heterocycles. The second kappa shape index (κ2) is 10.9. The number of nitrogens with zero attached hydrogens (tertiary/aromatic N) is 1. The highest BCUT2D eigenvalue weighted by Gasteiger charge is 2.03. The van der Waals surface area contributed by atoms with Gasteiger partial charge in [0.2, 0.25) is 0 Å². The molecule has 25 heavy (non-hydrogen) atoms. The van der Waals surface area contributed by atoms with Gasteiger partial charge in [-0.25, -0.2) is 0 Å². The van der Waals surface area contributed by atoms with Crippen LogP contribution in [0.1, 0.15) is 50.3 Å². The van der Waals surface area contributed by atoms with Crippen LogP contribution < -0.4 is 5.32 Å². The first-order valence-electron chi connectivity index (χ1n) is 9.39. The lowest BCUT2D eigenvalue weighted by Gasteiger charge is -2.14. The SMILES string of the molecule is C\C=C(/C=C\C(NCCCN(C)C)=C(\C)CC)c1ccc(C)cc1C. The molecule has 138 valence electrons. The van der Waals surface area contributed by atoms with Crippen LogP contribution in [-0.2, 0) is 0 Å². The van der Waals surface area contributed by atoms with E-state index in [0.29, 0.717) is 0 Å². The van der Waals surface area contributed by atoms with E-state index in [2.05, 4.69) is 95.4 Å². The Kier molecular flexibility index (Phi) is 9.30. The van der Waals surface area contributed by atoms with Gasteiger partial charge in [-0.15, -0.1) is 0 Å². The molecule has 0 saturated carbocycles. The second-order valence-corrected chi connectivity index (χ2v) is 7.03. The first-order valence-corrected chi connectivity index (χ1v) is 9.39. The quantitative estimate of drug-likeness (QED) is 0.472. The maximum Gasteiger partial charge on any atom is 0.0329 e. The Morgan fingerprint density at radius 1 is 1.16 bits per heavy atom. The molecular weight excluding hydrogens is 304 g/mol. The molecule has 0 aliphatic carbocycles. The first-order chi connectivity index (χ1) is 11.9. The molecule has 0 saturated heterocycles. The van der Waals surface area contributed by atoms with E-state index in [1.165, 1.54) is 33.5 Å². The molecule has 1 N–H and O–H groups in total. The van der Waals surface area contributed by atoms with Crippen molar-refractivity contribution in [3.05, 3.63) is 64.4 Å². The summed E-state index contributed by atoms with van der Waals surface area (Å²) >= 11 is 0. The minimum Gasteiger partial charge on any atom is -0.385 e. The molecule has 1 aromatic rings. The molecule has 0 unspecified atom stereocenters. The van der Waals surface area contributed by atoms with Crippen LogP contribution in [0.5, 0.6) is 0 Å². The smallest absolute Gasteiger partial charge is 0.0329 e. The van der Waals surface area contributed by atoms with Gasteiger partial charge in [0.25, 0.3) is 0 Å². The van der Waals surface area contributed by atoms with Gasteiger partial charge in [0.1, 0.15) is 0 Å². The molecule has 0 aromatic heterocycles. The average molecular weight is 341 g/mol. The lowest BCUT2D eigenvalue weighted by Crippen LogP contribution is -2.21. The first kappa shape index (κ1) is 21.2. The minimum absolute atomic E-state index is 1.00. The third-order valence-corrected chi connectivity index (χ3v) is 4.52. The van der Waals surface area contributed by atoms with Crippen molar-refractivity contribution >= 4 is 5.57 Å². The van der Waals surface area contributed by atoms with Gasteiger partial charge in [-0.2, -0.15) is 0 Å². The summed E-state index contributed by atoms with van der Waals surface area (Å²) < 4.78 is 0. The van der Waals surface area contributed by atoms with Crippen LogP contribution >= 0.6 is 0 Å². The van der Waals surface area contributed by atoms with E-state index >= 15 is 0 Å². The summed E-state index contributed by atoms with van der Waals surface area (Å²) in [4.78, 5) is 2.23. The van der Waals surface area contributed by atoms with Crippen molar-refractivity contribution in [1.82, 2.24) is 10.2 Å². The Bertz CT molecular complexity index is 633. The van der Waals surface area contributed by atoms with Crippen molar-refractivity contribution in [2.45, 2.75) is 47.5 Å². The van der Waals surface area contributed by atoms with E-state index < -0.39 is 0 Å². The number of nitrogens with one attached hydrogen (secondary N) is 1. The summed E-state index contributed by atoms with van der Waals surface area (Å²) in [5, 5.41) is 3.62. The predicted molar refractivity (Wildman–Crippen MR) is 113 cm³/mol. The van der Waals surface area contributed by atoms with E-state index in [0.717, 1.165) is 25.9 Å². The van der Waals surface area contributed by atoms with Crippen molar-refractivity contribution in [2.75, 3.05) is 27.2 Å². The van der Waals surface area contributed by atoms with E-state index in [1.807, 2.05) is 0 Å². The number of hydrogen-bond acceptors (Lipinski definition) is 2. The molecule has 1 aromatic carbocycles. The standard InChI is InChI=1S/C23H36N2/c1-8-19(4)23(24-15-10-16-25(6)7)14-12-21(9-2)22-13-11-18(3)17-20(22)5/h9,11-14,17,24H,8,10,15-16H2,1-7H3/b14-12-,21-9+,23-19+. The zero-order valence-corrected chi connectivity index (χ0v) is 17.2. The van der Waals surface area contributed by atoms with Crippen LogP contribution in [0.3, 0.4) is 0 Å². The van der Waals surface area contributed by atoms with Gasteiger partial charge >= 0.3 is 0 Å². The van der Waals surface area contributed by atoms with Gasteiger partial charge in [0.15, 0.2) is 0 Å². The fourth-order valence-electron chi connectivity index (χ4n) is 2.81. The lowest BCUT2D eigenvalue weighted by molar-refractivity contribution is 0.398. The normalized spacial score (nSPS) is 13.5. The number of rotatable bonds is 9. The summed E-state index contributed by atoms with van der Waals surface area (Å²) in [7, 11) is 4.24. The summed E-state index contributed by atoms with van der Waals surface area (Å²) in [6, 6.07) is 6.67. The second-order valence-electron chi connectivity index (χ2n) is 7.03. The van der Waals surface area contributed by atoms with Gasteiger partial charge in [0, 0.05) is 12.2 Å². The fourth-order valence-corrected chi connectivity index (χ4v) is 2.81. The van der Waals surface area contributed by atoms with Gasteiger partial charge < -0.3 is 10.2 Å². The number of hydrogen-bond donors (Lipinski definition) is 1. The predicted octanol–water partition coefficient (Wildman–Crippen LogP) is 5.49. The van der Waals surface area contributed by atoms with E-state index in [1.54, 1.807) is 0 Å². The number of aryl methyl sites for hydroxylation is 2. The Hall–Kier alpha value is -1.80. The van der Waals surface area contributed by atoms with Crippen LogP contribution in [0.15, 0.2) is 47.7 Å². The van der Waals surface area contributed by atoms with Gasteiger partial charge in [-0.3, -0.25) is 0 Å². The van der Waals surface area contributed by atoms with Crippen LogP contribution in [0, 0.1) is 13.8 Å². The molecule has 0 radical (unpaired) electrons. The van der Waals surface area contributed by atoms with Gasteiger partial charge in [-0.1, -0.05) is 48.4 Å². The monoisotopic (exact) mass is 340 g/mol. The molecule has 0 bridgehead atoms. The van der Waals surface area contributed by atoms with Gasteiger partial charge in [-0.05, 0) is 84.0 Å². The Balaban J connectivity index is 2.90. The average Bonchev–Trinajstić information content (AvgIpc) is 2.57. The van der Waals surface area contributed by atoms with E-state index in [4.69, 9.17) is 0 Å². The number of benzene rings is 1. The molecule has 0 heterocycles. The highest BCUT2D eigenvalue weighted by atomic mass is 15.1. The largest absolute Gasteiger partial charge is 0.385 e. The molecule has 0 fully saturated rings. The van der Waals surface area contributed by atoms with Crippen molar-refractivity contribution in [3.63, 3.8) is 0 Å². The van der Waals surface area contributed by atoms with Crippen LogP contribution in [0.2, 0.25) is 0 Å². The van der Waals surface area contributed by atoms with E-state index in [-0.39, 0.29) is 0 Å². The third kappa shape index (κ3) is 7.31. The molecule has 0 spiro atoms. The lowest BCUT2D eigenvalue weighted by atomic mass is 9.97. The molecular formula is C23H36N2. The third-order valence-electron chi connectivity index (χ3n) is 4.52. The molecule has 2 nitrogen and oxygen atoms in total. The van der Waals surface area contributed by atoms with Crippen LogP contribution in [-0.4, -0.2) is 32.1 Å². The summed E-state index contributed by atoms with van der Waals surface area (Å²) in [5.41, 5.74) is 7.88. The molecule has 0 atom stereocenters. The fraction of sp³-hybridized carbons (Fsp3) is 0.478. The maximum atomic E-state index is 3.62. The zero-order valence-electron chi connectivity index (χ0n) is 17.2. The summed E-state index contributed by atoms with van der Waals surface area (Å²) in [5.74, 6) is 0. The minimum atomic E-state index is 1.00. The van der Waals surface area contributed by atoms with Crippen molar-refractivity contribution in [3.8, 4) is 0 Å². The Morgan fingerprint density at radius 2 is 1.88 bits per heavy atom. The molecule has 2 heteroatoms. The van der Waals surface area contributed by atoms with Crippen LogP contribution in [0.25, 0.3) is 5.57 Å². The molecule has 0 amide bonds. The van der Waals surface area contributed by atoms with Crippen molar-refractivity contribution in [2.24, 2.45) is 0 Å². The zero-order chi connectivity index (χ0) is 18.8. The highest BCUT2D eigenvalue weighted by molar-refractivity contribution is 5.76. The molecule has 1 rings (SSSR count). The van der Waals surface area contributed by atoms with Crippen molar-refractivity contribution < 1.29 is 0 Å². The van der Waals surface area contributed by atoms with Crippen LogP contribution in [0.4, 0.5) is 0 Å². The summed E-state index contributed by atoms with van der Waals surface area (Å²) in [6.07, 6.45) is 8.89. The number of allylic oxidation sites excluding steroid dienone is 5. The van der Waals surface area contributed by atoms with Gasteiger partial charge in [0.05, 0.1) is 0 Å². The Labute approximate surface area is 155 Å². The summed E-state index contributed by atoms with van der Waals surface area (Å²) in [6.45, 7) is 13.0. The Morgan fingerprint density at radius 3 is 2.44 bits per heavy atom. The maximum absolute atomic E-state index is 3.62. The highest BCUT2D eigenvalue weighted by Crippen LogP contribution is 2.22. The topological polar surface area (TPSA) is 15.3 Å². The van der Waals surface area contributed by atoms with E-state index in [9.17, 15) is 0 Å². The molecule has 0 aliphatic rings. The van der Waals surface area contributed by atoms with Crippen molar-refractivity contribution in [1.29, 1.82) is 0 Å².